The van der Waals surface area contributed by atoms with Crippen LogP contribution in [0.25, 0.3) is 22.2 Å². The Kier molecular flexibility index (Phi) is 2.67. The van der Waals surface area contributed by atoms with E-state index in [9.17, 15) is 0 Å². The van der Waals surface area contributed by atoms with Gasteiger partial charge in [-0.2, -0.15) is 0 Å². The van der Waals surface area contributed by atoms with Crippen LogP contribution < -0.4 is 0 Å². The summed E-state index contributed by atoms with van der Waals surface area (Å²) < 4.78 is 2.40. The van der Waals surface area contributed by atoms with E-state index in [0.717, 1.165) is 0 Å². The van der Waals surface area contributed by atoms with Crippen LogP contribution in [0.5, 0.6) is 0 Å². The highest BCUT2D eigenvalue weighted by molar-refractivity contribution is 6.59. The molecular formula is C19H21NSi. The summed E-state index contributed by atoms with van der Waals surface area (Å²) in [4.78, 5) is 0. The number of nitrogens with zero attached hydrogens (tertiary/aromatic N) is 1. The van der Waals surface area contributed by atoms with Crippen molar-refractivity contribution in [2.45, 2.75) is 25.6 Å². The third-order valence-corrected chi connectivity index (χ3v) is 6.95. The van der Waals surface area contributed by atoms with E-state index in [2.05, 4.69) is 74.1 Å². The molecule has 0 bridgehead atoms. The van der Waals surface area contributed by atoms with Gasteiger partial charge in [0, 0.05) is 37.9 Å². The van der Waals surface area contributed by atoms with Crippen LogP contribution in [0.3, 0.4) is 0 Å². The van der Waals surface area contributed by atoms with Gasteiger partial charge in [0.05, 0.1) is 5.69 Å². The molecule has 0 radical (unpaired) electrons. The Morgan fingerprint density at radius 1 is 1.05 bits per heavy atom. The summed E-state index contributed by atoms with van der Waals surface area (Å²) >= 11 is 0. The van der Waals surface area contributed by atoms with Gasteiger partial charge >= 0.3 is 0 Å². The maximum absolute atomic E-state index is 2.48. The summed E-state index contributed by atoms with van der Waals surface area (Å²) in [6.45, 7) is 7.15. The second-order valence-corrected chi connectivity index (χ2v) is 9.81. The Hall–Kier alpha value is -1.80. The van der Waals surface area contributed by atoms with E-state index in [1.54, 1.807) is 11.1 Å². The fourth-order valence-corrected chi connectivity index (χ4v) is 6.07. The molecule has 0 aliphatic heterocycles. The number of fused-ring (bicyclic) bond motifs is 5. The van der Waals surface area contributed by atoms with Gasteiger partial charge in [0.1, 0.15) is 0 Å². The molecule has 0 fully saturated rings. The molecule has 0 saturated heterocycles. The standard InChI is InChI=1S/C19H21NSi/c1-12-9-10-16-15(11-12)17-18(20(16)2)13-7-5-6-8-14(13)19(17)21(3)4/h5-11,19,21H,1-4H3. The minimum Gasteiger partial charge on any atom is -0.343 e. The zero-order valence-corrected chi connectivity index (χ0v) is 14.3. The highest BCUT2D eigenvalue weighted by atomic mass is 28.3. The normalized spacial score (nSPS) is 16.5. The molecule has 2 heteroatoms. The Bertz CT molecular complexity index is 857. The van der Waals surface area contributed by atoms with Crippen molar-refractivity contribution in [3.8, 4) is 11.3 Å². The lowest BCUT2D eigenvalue weighted by atomic mass is 10.1. The van der Waals surface area contributed by atoms with Crippen molar-refractivity contribution < 1.29 is 0 Å². The molecule has 1 aliphatic rings. The Morgan fingerprint density at radius 2 is 1.81 bits per heavy atom. The monoisotopic (exact) mass is 291 g/mol. The zero-order chi connectivity index (χ0) is 14.7. The molecule has 1 aromatic heterocycles. The van der Waals surface area contributed by atoms with Gasteiger partial charge in [0.15, 0.2) is 0 Å². The van der Waals surface area contributed by atoms with Crippen LogP contribution in [-0.4, -0.2) is 13.4 Å². The molecule has 1 heterocycles. The largest absolute Gasteiger partial charge is 0.343 e. The first-order valence-electron chi connectivity index (χ1n) is 7.78. The molecule has 4 rings (SSSR count). The number of aromatic nitrogens is 1. The van der Waals surface area contributed by atoms with Gasteiger partial charge in [-0.05, 0) is 30.2 Å². The van der Waals surface area contributed by atoms with Crippen LogP contribution in [0.4, 0.5) is 0 Å². The zero-order valence-electron chi connectivity index (χ0n) is 13.1. The van der Waals surface area contributed by atoms with E-state index in [-0.39, 0.29) is 0 Å². The number of hydrogen-bond donors (Lipinski definition) is 0. The topological polar surface area (TPSA) is 4.93 Å². The highest BCUT2D eigenvalue weighted by Crippen LogP contribution is 2.50. The van der Waals surface area contributed by atoms with Crippen molar-refractivity contribution in [3.63, 3.8) is 0 Å². The first-order valence-corrected chi connectivity index (χ1v) is 10.8. The second kappa shape index (κ2) is 4.34. The van der Waals surface area contributed by atoms with Crippen LogP contribution >= 0.6 is 0 Å². The van der Waals surface area contributed by atoms with Gasteiger partial charge in [0.2, 0.25) is 0 Å². The van der Waals surface area contributed by atoms with Crippen molar-refractivity contribution in [2.75, 3.05) is 0 Å². The predicted molar refractivity (Wildman–Crippen MR) is 93.8 cm³/mol. The lowest BCUT2D eigenvalue weighted by Crippen LogP contribution is -2.14. The summed E-state index contributed by atoms with van der Waals surface area (Å²) in [5, 5.41) is 1.47. The van der Waals surface area contributed by atoms with Gasteiger partial charge in [-0.15, -0.1) is 0 Å². The first kappa shape index (κ1) is 12.9. The molecule has 106 valence electrons. The summed E-state index contributed by atoms with van der Waals surface area (Å²) in [7, 11) is 1.40. The van der Waals surface area contributed by atoms with Crippen LogP contribution in [0.15, 0.2) is 42.5 Å². The molecule has 0 spiro atoms. The van der Waals surface area contributed by atoms with Gasteiger partial charge in [-0.3, -0.25) is 0 Å². The van der Waals surface area contributed by atoms with Gasteiger partial charge in [-0.25, -0.2) is 0 Å². The van der Waals surface area contributed by atoms with Crippen LogP contribution in [0.1, 0.15) is 22.2 Å². The molecule has 3 aromatic rings. The minimum atomic E-state index is -0.820. The molecule has 0 amide bonds. The van der Waals surface area contributed by atoms with E-state index < -0.39 is 8.80 Å². The highest BCUT2D eigenvalue weighted by Gasteiger charge is 2.35. The molecule has 1 unspecified atom stereocenters. The molecular weight excluding hydrogens is 270 g/mol. The molecule has 1 atom stereocenters. The number of aryl methyl sites for hydroxylation is 2. The van der Waals surface area contributed by atoms with E-state index in [0.29, 0.717) is 5.54 Å². The van der Waals surface area contributed by atoms with Gasteiger partial charge in [0.25, 0.3) is 0 Å². The fraction of sp³-hybridized carbons (Fsp3) is 0.263. The minimum absolute atomic E-state index is 0.654. The summed E-state index contributed by atoms with van der Waals surface area (Å²) in [5.41, 5.74) is 9.45. The summed E-state index contributed by atoms with van der Waals surface area (Å²) in [6.07, 6.45) is 0. The van der Waals surface area contributed by atoms with Crippen molar-refractivity contribution in [2.24, 2.45) is 7.05 Å². The lowest BCUT2D eigenvalue weighted by molar-refractivity contribution is 0.977. The maximum Gasteiger partial charge on any atom is 0.0527 e. The van der Waals surface area contributed by atoms with Gasteiger partial charge in [-0.1, -0.05) is 49.0 Å². The average molecular weight is 291 g/mol. The molecule has 2 aromatic carbocycles. The maximum atomic E-state index is 2.48. The van der Waals surface area contributed by atoms with Crippen LogP contribution in [0, 0.1) is 6.92 Å². The SMILES string of the molecule is Cc1ccc2c(c1)c1c(n2C)-c2ccccc2C1[SiH](C)C. The molecule has 1 nitrogen and oxygen atoms in total. The quantitative estimate of drug-likeness (QED) is 0.576. The molecule has 21 heavy (non-hydrogen) atoms. The van der Waals surface area contributed by atoms with E-state index in [1.807, 2.05) is 0 Å². The van der Waals surface area contributed by atoms with Crippen molar-refractivity contribution in [1.29, 1.82) is 0 Å². The molecule has 0 saturated carbocycles. The van der Waals surface area contributed by atoms with Gasteiger partial charge < -0.3 is 4.57 Å². The van der Waals surface area contributed by atoms with Crippen LogP contribution in [-0.2, 0) is 7.05 Å². The average Bonchev–Trinajstić information content (AvgIpc) is 2.93. The van der Waals surface area contributed by atoms with E-state index in [1.165, 1.54) is 27.7 Å². The Labute approximate surface area is 127 Å². The number of hydrogen-bond acceptors (Lipinski definition) is 0. The van der Waals surface area contributed by atoms with Crippen molar-refractivity contribution in [1.82, 2.24) is 4.57 Å². The second-order valence-electron chi connectivity index (χ2n) is 6.65. The third kappa shape index (κ3) is 1.63. The lowest BCUT2D eigenvalue weighted by Gasteiger charge is -2.16. The summed E-state index contributed by atoms with van der Waals surface area (Å²) in [5.74, 6) is 0. The fourth-order valence-electron chi connectivity index (χ4n) is 4.06. The van der Waals surface area contributed by atoms with Crippen molar-refractivity contribution >= 4 is 19.7 Å². The van der Waals surface area contributed by atoms with Crippen molar-refractivity contribution in [3.05, 3.63) is 59.2 Å². The Balaban J connectivity index is 2.17. The predicted octanol–water partition coefficient (Wildman–Crippen LogP) is 4.62. The smallest absolute Gasteiger partial charge is 0.0527 e. The third-order valence-electron chi connectivity index (χ3n) is 4.92. The summed E-state index contributed by atoms with van der Waals surface area (Å²) in [6, 6.07) is 15.9. The van der Waals surface area contributed by atoms with E-state index >= 15 is 0 Å². The number of rotatable bonds is 1. The Morgan fingerprint density at radius 3 is 2.57 bits per heavy atom. The first-order chi connectivity index (χ1) is 10.1. The number of benzene rings is 2. The molecule has 0 N–H and O–H groups in total. The van der Waals surface area contributed by atoms with E-state index in [4.69, 9.17) is 0 Å². The van der Waals surface area contributed by atoms with Crippen LogP contribution in [0.2, 0.25) is 13.1 Å². The molecule has 1 aliphatic carbocycles.